The number of hydrogen-bond donors (Lipinski definition) is 0. The summed E-state index contributed by atoms with van der Waals surface area (Å²) in [4.78, 5) is 5.53. The summed E-state index contributed by atoms with van der Waals surface area (Å²) in [6.45, 7) is 0. The lowest BCUT2D eigenvalue weighted by Crippen LogP contribution is -1.91. The number of nitrogens with zero attached hydrogens (tertiary/aromatic N) is 3. The molecule has 0 saturated carbocycles. The number of aromatic nitrogens is 2. The Morgan fingerprint density at radius 1 is 1.21 bits per heavy atom. The lowest BCUT2D eigenvalue weighted by atomic mass is 10.2. The van der Waals surface area contributed by atoms with Gasteiger partial charge in [0.05, 0.1) is 15.3 Å². The van der Waals surface area contributed by atoms with E-state index < -0.39 is 0 Å². The molecule has 0 fully saturated rings. The minimum absolute atomic E-state index is 0.662. The molecule has 5 heteroatoms. The molecule has 0 aliphatic heterocycles. The van der Waals surface area contributed by atoms with E-state index in [2.05, 4.69) is 45.8 Å². The van der Waals surface area contributed by atoms with E-state index in [-0.39, 0.29) is 0 Å². The van der Waals surface area contributed by atoms with Crippen LogP contribution in [0.4, 0.5) is 0 Å². The molecule has 0 amide bonds. The summed E-state index contributed by atoms with van der Waals surface area (Å²) in [5.41, 5.74) is 1.49. The molecule has 1 aromatic carbocycles. The fraction of sp³-hybridized carbons (Fsp3) is 0. The van der Waals surface area contributed by atoms with Crippen LogP contribution in [0.25, 0.3) is 11.0 Å². The average molecular weight is 377 g/mol. The van der Waals surface area contributed by atoms with Crippen LogP contribution < -0.4 is 0 Å². The van der Waals surface area contributed by atoms with Crippen LogP contribution in [0.1, 0.15) is 5.56 Å². The fourth-order valence-corrected chi connectivity index (χ4v) is 3.51. The number of halogens is 1. The lowest BCUT2D eigenvalue weighted by Gasteiger charge is -2.05. The number of hydrogen-bond acceptors (Lipinski definition) is 3. The SMILES string of the molecule is N#Cc1ccnc2c1cc(I)n2Sc1ccccc1. The van der Waals surface area contributed by atoms with E-state index in [1.807, 2.05) is 28.2 Å². The molecule has 0 bridgehead atoms. The first-order chi connectivity index (χ1) is 9.29. The Bertz CT molecular complexity index is 774. The number of fused-ring (bicyclic) bond motifs is 1. The normalized spacial score (nSPS) is 10.5. The zero-order valence-electron chi connectivity index (χ0n) is 9.75. The maximum Gasteiger partial charge on any atom is 0.152 e. The van der Waals surface area contributed by atoms with Gasteiger partial charge in [0.15, 0.2) is 5.65 Å². The Morgan fingerprint density at radius 3 is 2.74 bits per heavy atom. The van der Waals surface area contributed by atoms with Crippen LogP contribution in [0.15, 0.2) is 53.6 Å². The minimum Gasteiger partial charge on any atom is -0.257 e. The van der Waals surface area contributed by atoms with Crippen molar-refractivity contribution in [1.82, 2.24) is 8.96 Å². The van der Waals surface area contributed by atoms with Crippen LogP contribution in [0.2, 0.25) is 0 Å². The van der Waals surface area contributed by atoms with E-state index in [0.29, 0.717) is 5.56 Å². The van der Waals surface area contributed by atoms with Gasteiger partial charge in [-0.05, 0) is 58.8 Å². The van der Waals surface area contributed by atoms with Crippen molar-refractivity contribution < 1.29 is 0 Å². The molecule has 0 aliphatic rings. The van der Waals surface area contributed by atoms with Crippen LogP contribution >= 0.6 is 34.5 Å². The summed E-state index contributed by atoms with van der Waals surface area (Å²) in [7, 11) is 0. The second-order valence-electron chi connectivity index (χ2n) is 3.87. The fourth-order valence-electron chi connectivity index (χ4n) is 1.82. The molecular weight excluding hydrogens is 369 g/mol. The summed E-state index contributed by atoms with van der Waals surface area (Å²) < 4.78 is 3.10. The van der Waals surface area contributed by atoms with Crippen molar-refractivity contribution in [3.05, 3.63) is 57.9 Å². The van der Waals surface area contributed by atoms with E-state index in [0.717, 1.165) is 19.6 Å². The van der Waals surface area contributed by atoms with Gasteiger partial charge >= 0.3 is 0 Å². The second-order valence-corrected chi connectivity index (χ2v) is 6.00. The van der Waals surface area contributed by atoms with Gasteiger partial charge < -0.3 is 0 Å². The van der Waals surface area contributed by atoms with Gasteiger partial charge in [0.2, 0.25) is 0 Å². The van der Waals surface area contributed by atoms with Crippen LogP contribution in [0.5, 0.6) is 0 Å². The molecule has 0 unspecified atom stereocenters. The van der Waals surface area contributed by atoms with Crippen LogP contribution in [0.3, 0.4) is 0 Å². The predicted octanol–water partition coefficient (Wildman–Crippen LogP) is 4.07. The molecule has 0 N–H and O–H groups in total. The summed E-state index contributed by atoms with van der Waals surface area (Å²) in [6.07, 6.45) is 1.68. The maximum absolute atomic E-state index is 9.13. The minimum atomic E-state index is 0.662. The van der Waals surface area contributed by atoms with Crippen LogP contribution in [-0.4, -0.2) is 8.96 Å². The van der Waals surface area contributed by atoms with Crippen molar-refractivity contribution in [3.63, 3.8) is 0 Å². The Balaban J connectivity index is 2.15. The topological polar surface area (TPSA) is 41.6 Å². The van der Waals surface area contributed by atoms with E-state index in [1.165, 1.54) is 0 Å². The highest BCUT2D eigenvalue weighted by atomic mass is 127. The smallest absolute Gasteiger partial charge is 0.152 e. The number of rotatable bonds is 2. The Labute approximate surface area is 128 Å². The third kappa shape index (κ3) is 2.33. The third-order valence-corrected chi connectivity index (χ3v) is 4.84. The molecule has 0 atom stereocenters. The highest BCUT2D eigenvalue weighted by molar-refractivity contribution is 14.1. The number of pyridine rings is 1. The van der Waals surface area contributed by atoms with Gasteiger partial charge in [0.1, 0.15) is 0 Å². The molecule has 0 spiro atoms. The molecule has 2 heterocycles. The Hall–Kier alpha value is -1.52. The van der Waals surface area contributed by atoms with Crippen molar-refractivity contribution in [3.8, 4) is 6.07 Å². The molecule has 0 aliphatic carbocycles. The Morgan fingerprint density at radius 2 is 2.00 bits per heavy atom. The molecule has 3 rings (SSSR count). The van der Waals surface area contributed by atoms with Gasteiger partial charge in [-0.25, -0.2) is 4.98 Å². The van der Waals surface area contributed by atoms with E-state index >= 15 is 0 Å². The largest absolute Gasteiger partial charge is 0.257 e. The van der Waals surface area contributed by atoms with Gasteiger partial charge in [-0.15, -0.1) is 0 Å². The molecule has 2 aromatic heterocycles. The molecular formula is C14H8IN3S. The number of benzene rings is 1. The zero-order chi connectivity index (χ0) is 13.2. The first-order valence-corrected chi connectivity index (χ1v) is 7.44. The number of nitriles is 1. The highest BCUT2D eigenvalue weighted by Gasteiger charge is 2.12. The quantitative estimate of drug-likeness (QED) is 0.633. The average Bonchev–Trinajstić information content (AvgIpc) is 2.76. The van der Waals surface area contributed by atoms with E-state index in [9.17, 15) is 0 Å². The van der Waals surface area contributed by atoms with Crippen molar-refractivity contribution >= 4 is 45.6 Å². The van der Waals surface area contributed by atoms with E-state index in [4.69, 9.17) is 5.26 Å². The standard InChI is InChI=1S/C14H8IN3S/c15-13-8-12-10(9-16)6-7-17-14(12)18(13)19-11-4-2-1-3-5-11/h1-8H. The van der Waals surface area contributed by atoms with Crippen LogP contribution in [0, 0.1) is 15.0 Å². The van der Waals surface area contributed by atoms with E-state index in [1.54, 1.807) is 24.2 Å². The third-order valence-electron chi connectivity index (χ3n) is 2.68. The lowest BCUT2D eigenvalue weighted by molar-refractivity contribution is 1.21. The van der Waals surface area contributed by atoms with Gasteiger partial charge in [-0.3, -0.25) is 3.97 Å². The summed E-state index contributed by atoms with van der Waals surface area (Å²) in [5.74, 6) is 0. The van der Waals surface area contributed by atoms with Gasteiger partial charge in [0.25, 0.3) is 0 Å². The molecule has 3 aromatic rings. The Kier molecular flexibility index (Phi) is 3.44. The molecule has 0 radical (unpaired) electrons. The molecule has 19 heavy (non-hydrogen) atoms. The van der Waals surface area contributed by atoms with Crippen molar-refractivity contribution in [2.24, 2.45) is 0 Å². The molecule has 92 valence electrons. The van der Waals surface area contributed by atoms with Gasteiger partial charge in [-0.2, -0.15) is 5.26 Å². The predicted molar refractivity (Wildman–Crippen MR) is 84.9 cm³/mol. The first kappa shape index (κ1) is 12.5. The maximum atomic E-state index is 9.13. The zero-order valence-corrected chi connectivity index (χ0v) is 12.7. The second kappa shape index (κ2) is 5.23. The molecule has 0 saturated heterocycles. The monoisotopic (exact) mass is 377 g/mol. The molecule has 3 nitrogen and oxygen atoms in total. The van der Waals surface area contributed by atoms with Crippen LogP contribution in [-0.2, 0) is 0 Å². The summed E-state index contributed by atoms with van der Waals surface area (Å²) in [6, 6.07) is 16.1. The van der Waals surface area contributed by atoms with Crippen molar-refractivity contribution in [1.29, 1.82) is 5.26 Å². The van der Waals surface area contributed by atoms with Gasteiger partial charge in [0, 0.05) is 16.5 Å². The van der Waals surface area contributed by atoms with Gasteiger partial charge in [-0.1, -0.05) is 18.2 Å². The van der Waals surface area contributed by atoms with Crippen molar-refractivity contribution in [2.45, 2.75) is 4.90 Å². The summed E-state index contributed by atoms with van der Waals surface area (Å²) in [5, 5.41) is 10.0. The summed E-state index contributed by atoms with van der Waals surface area (Å²) >= 11 is 3.87. The van der Waals surface area contributed by atoms with Crippen molar-refractivity contribution in [2.75, 3.05) is 0 Å². The first-order valence-electron chi connectivity index (χ1n) is 5.59. The highest BCUT2D eigenvalue weighted by Crippen LogP contribution is 2.30.